The molecule has 0 bridgehead atoms. The van der Waals surface area contributed by atoms with E-state index in [2.05, 4.69) is 0 Å². The highest BCUT2D eigenvalue weighted by Crippen LogP contribution is 2.32. The second-order valence-corrected chi connectivity index (χ2v) is 8.35. The fourth-order valence-corrected chi connectivity index (χ4v) is 3.30. The van der Waals surface area contributed by atoms with Crippen molar-refractivity contribution in [2.24, 2.45) is 0 Å². The number of nitrogens with two attached hydrogens (primary N) is 2. The summed E-state index contributed by atoms with van der Waals surface area (Å²) in [6.45, 7) is 0.210. The summed E-state index contributed by atoms with van der Waals surface area (Å²) in [6.07, 6.45) is -0.482. The van der Waals surface area contributed by atoms with Crippen LogP contribution in [-0.4, -0.2) is 31.8 Å². The molecule has 0 aromatic heterocycles. The molecule has 11 heteroatoms. The highest BCUT2D eigenvalue weighted by molar-refractivity contribution is 5.91. The summed E-state index contributed by atoms with van der Waals surface area (Å²) in [6, 6.07) is 17.2. The van der Waals surface area contributed by atoms with E-state index < -0.39 is 18.0 Å². The number of hydrogen-bond acceptors (Lipinski definition) is 9. The van der Waals surface area contributed by atoms with Crippen LogP contribution in [0.25, 0.3) is 6.08 Å². The van der Waals surface area contributed by atoms with Crippen molar-refractivity contribution in [3.63, 3.8) is 0 Å². The van der Waals surface area contributed by atoms with Crippen LogP contribution >= 0.6 is 0 Å². The summed E-state index contributed by atoms with van der Waals surface area (Å²) >= 11 is 0. The predicted octanol–water partition coefficient (Wildman–Crippen LogP) is 5.08. The standard InChI is InChI=1S/C29H27F2N3O6/c30-29(31,22-6-10-25(11-7-22)37-14-1-13-32)40-26-8-3-20(4-9-26)5-12-27(35)38-15-2-16-39-28(36)21-17-23(33)19-24(34)18-21/h3-12,17-19H,1-2,14-16,33-34H2/b12-5+. The van der Waals surface area contributed by atoms with E-state index in [0.717, 1.165) is 0 Å². The summed E-state index contributed by atoms with van der Waals surface area (Å²) < 4.78 is 49.4. The summed E-state index contributed by atoms with van der Waals surface area (Å²) in [4.78, 5) is 23.9. The number of rotatable bonds is 13. The first-order valence-corrected chi connectivity index (χ1v) is 12.1. The van der Waals surface area contributed by atoms with Gasteiger partial charge in [-0.25, -0.2) is 9.59 Å². The zero-order valence-corrected chi connectivity index (χ0v) is 21.3. The minimum Gasteiger partial charge on any atom is -0.493 e. The van der Waals surface area contributed by atoms with Crippen LogP contribution < -0.4 is 20.9 Å². The molecule has 3 aromatic carbocycles. The summed E-state index contributed by atoms with van der Waals surface area (Å²) in [7, 11) is 0. The fraction of sp³-hybridized carbons (Fsp3) is 0.207. The first-order valence-electron chi connectivity index (χ1n) is 12.1. The second-order valence-electron chi connectivity index (χ2n) is 8.35. The number of halogens is 2. The first kappa shape index (κ1) is 29.4. The van der Waals surface area contributed by atoms with Gasteiger partial charge in [-0.05, 0) is 66.2 Å². The molecule has 0 aliphatic heterocycles. The molecular formula is C29H27F2N3O6. The summed E-state index contributed by atoms with van der Waals surface area (Å²) in [5.74, 6) is -0.921. The van der Waals surface area contributed by atoms with E-state index in [1.54, 1.807) is 0 Å². The fourth-order valence-electron chi connectivity index (χ4n) is 3.30. The number of anilines is 2. The molecule has 40 heavy (non-hydrogen) atoms. The third-order valence-electron chi connectivity index (χ3n) is 5.19. The van der Waals surface area contributed by atoms with Gasteiger partial charge in [0.2, 0.25) is 0 Å². The average Bonchev–Trinajstić information content (AvgIpc) is 2.92. The summed E-state index contributed by atoms with van der Waals surface area (Å²) in [5, 5.41) is 8.52. The monoisotopic (exact) mass is 551 g/mol. The van der Waals surface area contributed by atoms with Crippen molar-refractivity contribution in [3.05, 3.63) is 89.5 Å². The molecule has 0 unspecified atom stereocenters. The van der Waals surface area contributed by atoms with E-state index in [9.17, 15) is 18.4 Å². The van der Waals surface area contributed by atoms with Crippen molar-refractivity contribution in [2.75, 3.05) is 31.3 Å². The molecule has 0 heterocycles. The third kappa shape index (κ3) is 9.33. The van der Waals surface area contributed by atoms with Gasteiger partial charge in [0.05, 0.1) is 36.8 Å². The Hall–Kier alpha value is -5.11. The topological polar surface area (TPSA) is 147 Å². The van der Waals surface area contributed by atoms with E-state index in [1.165, 1.54) is 78.9 Å². The van der Waals surface area contributed by atoms with Gasteiger partial charge in [0.15, 0.2) is 0 Å². The lowest BCUT2D eigenvalue weighted by Gasteiger charge is -2.18. The van der Waals surface area contributed by atoms with Gasteiger partial charge in [0.25, 0.3) is 0 Å². The lowest BCUT2D eigenvalue weighted by Crippen LogP contribution is -2.21. The Kier molecular flexibility index (Phi) is 10.4. The molecular weight excluding hydrogens is 524 g/mol. The number of nitrogen functional groups attached to an aromatic ring is 2. The molecule has 0 amide bonds. The van der Waals surface area contributed by atoms with Crippen LogP contribution in [0.4, 0.5) is 20.2 Å². The number of hydrogen-bond donors (Lipinski definition) is 2. The molecule has 208 valence electrons. The lowest BCUT2D eigenvalue weighted by atomic mass is 10.2. The van der Waals surface area contributed by atoms with Crippen LogP contribution in [0.5, 0.6) is 11.5 Å². The van der Waals surface area contributed by atoms with Crippen molar-refractivity contribution in [2.45, 2.75) is 19.0 Å². The second kappa shape index (κ2) is 14.2. The van der Waals surface area contributed by atoms with Crippen LogP contribution in [0.1, 0.15) is 34.3 Å². The minimum atomic E-state index is -3.59. The predicted molar refractivity (Wildman–Crippen MR) is 143 cm³/mol. The van der Waals surface area contributed by atoms with Crippen molar-refractivity contribution < 1.29 is 37.3 Å². The van der Waals surface area contributed by atoms with Gasteiger partial charge in [-0.15, -0.1) is 0 Å². The molecule has 3 aromatic rings. The molecule has 0 saturated heterocycles. The summed E-state index contributed by atoms with van der Waals surface area (Å²) in [5.41, 5.74) is 12.4. The van der Waals surface area contributed by atoms with Crippen LogP contribution in [0.15, 0.2) is 72.8 Å². The van der Waals surface area contributed by atoms with Crippen LogP contribution in [-0.2, 0) is 20.4 Å². The SMILES string of the molecule is N#CCCOc1ccc(C(F)(F)Oc2ccc(/C=C/C(=O)OCCCOC(=O)c3cc(N)cc(N)c3)cc2)cc1. The van der Waals surface area contributed by atoms with Gasteiger partial charge in [-0.1, -0.05) is 12.1 Å². The van der Waals surface area contributed by atoms with E-state index >= 15 is 0 Å². The highest BCUT2D eigenvalue weighted by atomic mass is 19.3. The maximum Gasteiger partial charge on any atom is 0.426 e. The van der Waals surface area contributed by atoms with Crippen LogP contribution in [0, 0.1) is 11.3 Å². The molecule has 9 nitrogen and oxygen atoms in total. The minimum absolute atomic E-state index is 0.0182. The Morgan fingerprint density at radius 3 is 2.15 bits per heavy atom. The molecule has 0 aliphatic carbocycles. The van der Waals surface area contributed by atoms with Crippen molar-refractivity contribution in [1.29, 1.82) is 5.26 Å². The molecule has 0 spiro atoms. The largest absolute Gasteiger partial charge is 0.493 e. The molecule has 0 fully saturated rings. The first-order chi connectivity index (χ1) is 19.2. The number of nitrogens with zero attached hydrogens (tertiary/aromatic N) is 1. The van der Waals surface area contributed by atoms with Crippen molar-refractivity contribution in [1.82, 2.24) is 0 Å². The van der Waals surface area contributed by atoms with Crippen LogP contribution in [0.3, 0.4) is 0 Å². The molecule has 3 rings (SSSR count). The number of carbonyl (C=O) groups excluding carboxylic acids is 2. The van der Waals surface area contributed by atoms with Gasteiger partial charge in [-0.2, -0.15) is 14.0 Å². The number of alkyl halides is 2. The normalized spacial score (nSPS) is 11.0. The van der Waals surface area contributed by atoms with Gasteiger partial charge < -0.3 is 30.4 Å². The van der Waals surface area contributed by atoms with E-state index in [4.69, 9.17) is 35.7 Å². The lowest BCUT2D eigenvalue weighted by molar-refractivity contribution is -0.185. The Labute approximate surface area is 229 Å². The Balaban J connectivity index is 1.40. The van der Waals surface area contributed by atoms with Gasteiger partial charge in [0.1, 0.15) is 18.1 Å². The smallest absolute Gasteiger partial charge is 0.426 e. The number of ether oxygens (including phenoxy) is 4. The zero-order valence-electron chi connectivity index (χ0n) is 21.3. The maximum absolute atomic E-state index is 14.6. The molecule has 0 atom stereocenters. The van der Waals surface area contributed by atoms with Gasteiger partial charge >= 0.3 is 18.0 Å². The van der Waals surface area contributed by atoms with Crippen molar-refractivity contribution in [3.8, 4) is 17.6 Å². The Morgan fingerprint density at radius 1 is 0.875 bits per heavy atom. The van der Waals surface area contributed by atoms with E-state index in [-0.39, 0.29) is 49.5 Å². The van der Waals surface area contributed by atoms with Gasteiger partial charge in [-0.3, -0.25) is 0 Å². The highest BCUT2D eigenvalue weighted by Gasteiger charge is 2.34. The zero-order chi connectivity index (χ0) is 29.0. The average molecular weight is 552 g/mol. The number of nitriles is 1. The Bertz CT molecular complexity index is 1350. The Morgan fingerprint density at radius 2 is 1.50 bits per heavy atom. The molecule has 0 aliphatic rings. The van der Waals surface area contributed by atoms with E-state index in [0.29, 0.717) is 22.7 Å². The van der Waals surface area contributed by atoms with Gasteiger partial charge in [0, 0.05) is 23.9 Å². The maximum atomic E-state index is 14.6. The number of esters is 2. The third-order valence-corrected chi connectivity index (χ3v) is 5.19. The molecule has 0 radical (unpaired) electrons. The quantitative estimate of drug-likeness (QED) is 0.128. The van der Waals surface area contributed by atoms with Crippen LogP contribution in [0.2, 0.25) is 0 Å². The van der Waals surface area contributed by atoms with Crippen molar-refractivity contribution >= 4 is 29.4 Å². The number of carbonyl (C=O) groups is 2. The molecule has 0 saturated carbocycles. The molecule has 4 N–H and O–H groups in total. The number of benzene rings is 3. The van der Waals surface area contributed by atoms with E-state index in [1.807, 2.05) is 6.07 Å².